The molecule has 0 aromatic rings. The fraction of sp³-hybridized carbons (Fsp3) is 0.524. The molecule has 0 aromatic heterocycles. The van der Waals surface area contributed by atoms with Crippen LogP contribution < -0.4 is 0 Å². The zero-order valence-electron chi connectivity index (χ0n) is 15.7. The predicted molar refractivity (Wildman–Crippen MR) is 105 cm³/mol. The molecule has 1 N–H and O–H groups in total. The Hall–Kier alpha value is -1.65. The molecule has 0 spiro atoms. The number of hydrogen-bond donors (Lipinski definition) is 1. The summed E-state index contributed by atoms with van der Waals surface area (Å²) in [4.78, 5) is 23.2. The van der Waals surface area contributed by atoms with Crippen molar-refractivity contribution in [2.45, 2.75) is 63.9 Å². The molecule has 0 radical (unpaired) electrons. The molecule has 1 aliphatic rings. The van der Waals surface area contributed by atoms with Gasteiger partial charge in [0.1, 0.15) is 5.60 Å². The van der Waals surface area contributed by atoms with Crippen LogP contribution in [-0.2, 0) is 14.3 Å². The van der Waals surface area contributed by atoms with Crippen LogP contribution in [0.1, 0.15) is 58.3 Å². The molecule has 0 amide bonds. The van der Waals surface area contributed by atoms with Gasteiger partial charge in [-0.15, -0.1) is 0 Å². The highest BCUT2D eigenvalue weighted by atomic mass is 35.5. The molecule has 1 atom stereocenters. The summed E-state index contributed by atoms with van der Waals surface area (Å²) in [5, 5.41) is 10.9. The molecule has 0 heterocycles. The summed E-state index contributed by atoms with van der Waals surface area (Å²) in [5.41, 5.74) is -1.07. The lowest BCUT2D eigenvalue weighted by molar-refractivity contribution is -0.140. The monoisotopic (exact) mass is 380 g/mol. The first-order valence-corrected chi connectivity index (χ1v) is 9.57. The first-order valence-electron chi connectivity index (χ1n) is 9.19. The molecule has 26 heavy (non-hydrogen) atoms. The third-order valence-electron chi connectivity index (χ3n) is 4.24. The third kappa shape index (κ3) is 7.30. The van der Waals surface area contributed by atoms with Crippen molar-refractivity contribution in [3.8, 4) is 0 Å². The van der Waals surface area contributed by atoms with Gasteiger partial charge < -0.3 is 9.84 Å². The number of unbranched alkanes of at least 4 members (excludes halogenated alkanes) is 4. The Morgan fingerprint density at radius 1 is 1.23 bits per heavy atom. The summed E-state index contributed by atoms with van der Waals surface area (Å²) in [6.07, 6.45) is 17.0. The average molecular weight is 381 g/mol. The molecule has 0 bridgehead atoms. The van der Waals surface area contributed by atoms with Crippen LogP contribution >= 0.6 is 11.6 Å². The zero-order chi connectivity index (χ0) is 19.4. The van der Waals surface area contributed by atoms with E-state index >= 15 is 0 Å². The SMILES string of the molecule is CCCCC/C=C\C[C@]1(O)C=C(Cl)C(=O)/C1=C/C=C\CCCC(=O)OC. The molecule has 5 heteroatoms. The number of allylic oxidation sites excluding steroid dienone is 5. The number of aliphatic hydroxyl groups is 1. The van der Waals surface area contributed by atoms with Crippen LogP contribution in [0.15, 0.2) is 47.1 Å². The Balaban J connectivity index is 2.62. The summed E-state index contributed by atoms with van der Waals surface area (Å²) >= 11 is 5.95. The van der Waals surface area contributed by atoms with E-state index in [4.69, 9.17) is 11.6 Å². The molecule has 0 fully saturated rings. The van der Waals surface area contributed by atoms with Crippen LogP contribution in [0.4, 0.5) is 0 Å². The number of rotatable bonds is 11. The summed E-state index contributed by atoms with van der Waals surface area (Å²) in [5.74, 6) is -0.577. The molecule has 0 saturated carbocycles. The summed E-state index contributed by atoms with van der Waals surface area (Å²) in [6.45, 7) is 2.16. The van der Waals surface area contributed by atoms with Gasteiger partial charge >= 0.3 is 5.97 Å². The highest BCUT2D eigenvalue weighted by Gasteiger charge is 2.40. The van der Waals surface area contributed by atoms with Gasteiger partial charge in [-0.25, -0.2) is 0 Å². The van der Waals surface area contributed by atoms with E-state index < -0.39 is 5.60 Å². The van der Waals surface area contributed by atoms with Gasteiger partial charge in [0.15, 0.2) is 0 Å². The smallest absolute Gasteiger partial charge is 0.305 e. The highest BCUT2D eigenvalue weighted by molar-refractivity contribution is 6.46. The third-order valence-corrected chi connectivity index (χ3v) is 4.52. The van der Waals surface area contributed by atoms with E-state index in [1.807, 2.05) is 18.2 Å². The minimum absolute atomic E-state index is 0.0530. The van der Waals surface area contributed by atoms with E-state index in [2.05, 4.69) is 11.7 Å². The van der Waals surface area contributed by atoms with Gasteiger partial charge in [-0.3, -0.25) is 9.59 Å². The Morgan fingerprint density at radius 2 is 1.96 bits per heavy atom. The second-order valence-corrected chi connectivity index (χ2v) is 6.80. The van der Waals surface area contributed by atoms with Gasteiger partial charge in [-0.1, -0.05) is 61.7 Å². The minimum atomic E-state index is -1.36. The molecular weight excluding hydrogens is 352 g/mol. The lowest BCUT2D eigenvalue weighted by Gasteiger charge is -2.20. The maximum atomic E-state index is 12.2. The Bertz CT molecular complexity index is 601. The van der Waals surface area contributed by atoms with E-state index in [1.54, 1.807) is 12.2 Å². The summed E-state index contributed by atoms with van der Waals surface area (Å²) < 4.78 is 4.58. The highest BCUT2D eigenvalue weighted by Crippen LogP contribution is 2.35. The standard InChI is InChI=1S/C21H29ClO4/c1-3-4-5-6-9-12-15-21(25)16-18(22)20(24)17(21)13-10-7-8-11-14-19(23)26-2/h7,9-10,12-13,16,25H,3-6,8,11,14-15H2,1-2H3/b10-7-,12-9-,17-13-/t21-/m0/s1. The molecular formula is C21H29ClO4. The van der Waals surface area contributed by atoms with Crippen LogP contribution in [0.25, 0.3) is 0 Å². The van der Waals surface area contributed by atoms with E-state index in [0.717, 1.165) is 12.8 Å². The van der Waals surface area contributed by atoms with Gasteiger partial charge in [0.05, 0.1) is 12.1 Å². The van der Waals surface area contributed by atoms with Crippen molar-refractivity contribution >= 4 is 23.4 Å². The lowest BCUT2D eigenvalue weighted by atomic mass is 9.92. The number of carbonyl (C=O) groups excluding carboxylic acids is 2. The largest absolute Gasteiger partial charge is 0.469 e. The van der Waals surface area contributed by atoms with Crippen molar-refractivity contribution in [1.29, 1.82) is 0 Å². The lowest BCUT2D eigenvalue weighted by Crippen LogP contribution is -2.27. The zero-order valence-corrected chi connectivity index (χ0v) is 16.4. The quantitative estimate of drug-likeness (QED) is 0.242. The molecule has 1 aliphatic carbocycles. The van der Waals surface area contributed by atoms with Crippen molar-refractivity contribution in [2.75, 3.05) is 7.11 Å². The normalized spacial score (nSPS) is 21.9. The second kappa shape index (κ2) is 11.9. The number of carbonyl (C=O) groups is 2. The van der Waals surface area contributed by atoms with Gasteiger partial charge in [-0.2, -0.15) is 0 Å². The van der Waals surface area contributed by atoms with Crippen LogP contribution in [0.2, 0.25) is 0 Å². The van der Waals surface area contributed by atoms with Crippen molar-refractivity contribution in [3.05, 3.63) is 47.1 Å². The number of ether oxygens (including phenoxy) is 1. The summed E-state index contributed by atoms with van der Waals surface area (Å²) in [7, 11) is 1.37. The molecule has 0 aliphatic heterocycles. The number of esters is 1. The van der Waals surface area contributed by atoms with Crippen molar-refractivity contribution in [1.82, 2.24) is 0 Å². The van der Waals surface area contributed by atoms with Gasteiger partial charge in [0.2, 0.25) is 5.78 Å². The molecule has 0 unspecified atom stereocenters. The van der Waals surface area contributed by atoms with Gasteiger partial charge in [0.25, 0.3) is 0 Å². The number of hydrogen-bond acceptors (Lipinski definition) is 4. The topological polar surface area (TPSA) is 63.6 Å². The second-order valence-electron chi connectivity index (χ2n) is 6.39. The van der Waals surface area contributed by atoms with Crippen LogP contribution in [0.5, 0.6) is 0 Å². The fourth-order valence-corrected chi connectivity index (χ4v) is 2.97. The Morgan fingerprint density at radius 3 is 2.65 bits per heavy atom. The van der Waals surface area contributed by atoms with E-state index in [-0.39, 0.29) is 22.4 Å². The maximum absolute atomic E-state index is 12.2. The minimum Gasteiger partial charge on any atom is -0.469 e. The van der Waals surface area contributed by atoms with Crippen LogP contribution in [-0.4, -0.2) is 29.6 Å². The van der Waals surface area contributed by atoms with Crippen LogP contribution in [0, 0.1) is 0 Å². The molecule has 144 valence electrons. The van der Waals surface area contributed by atoms with Crippen molar-refractivity contribution in [2.24, 2.45) is 0 Å². The van der Waals surface area contributed by atoms with E-state index in [1.165, 1.54) is 26.0 Å². The van der Waals surface area contributed by atoms with Crippen molar-refractivity contribution < 1.29 is 19.4 Å². The van der Waals surface area contributed by atoms with E-state index in [0.29, 0.717) is 25.7 Å². The van der Waals surface area contributed by atoms with Crippen LogP contribution in [0.3, 0.4) is 0 Å². The number of Topliss-reactive ketones (excluding diaryl/α,β-unsaturated/α-hetero) is 1. The maximum Gasteiger partial charge on any atom is 0.305 e. The molecule has 0 saturated heterocycles. The number of halogens is 1. The first kappa shape index (κ1) is 22.4. The Kier molecular flexibility index (Phi) is 10.2. The predicted octanol–water partition coefficient (Wildman–Crippen LogP) is 4.78. The Labute approximate surface area is 161 Å². The fourth-order valence-electron chi connectivity index (χ4n) is 2.69. The first-order chi connectivity index (χ1) is 12.4. The molecule has 1 rings (SSSR count). The molecule has 4 nitrogen and oxygen atoms in total. The van der Waals surface area contributed by atoms with Gasteiger partial charge in [0, 0.05) is 18.4 Å². The molecule has 0 aromatic carbocycles. The number of methoxy groups -OCH3 is 1. The average Bonchev–Trinajstić information content (AvgIpc) is 2.83. The van der Waals surface area contributed by atoms with Gasteiger partial charge in [-0.05, 0) is 31.8 Å². The number of ketones is 1. The summed E-state index contributed by atoms with van der Waals surface area (Å²) in [6, 6.07) is 0. The van der Waals surface area contributed by atoms with Crippen molar-refractivity contribution in [3.63, 3.8) is 0 Å². The van der Waals surface area contributed by atoms with E-state index in [9.17, 15) is 14.7 Å².